The first-order valence-corrected chi connectivity index (χ1v) is 6.57. The van der Waals surface area contributed by atoms with Crippen molar-refractivity contribution in [3.63, 3.8) is 0 Å². The zero-order chi connectivity index (χ0) is 14.5. The van der Waals surface area contributed by atoms with E-state index in [4.69, 9.17) is 4.74 Å². The molecule has 0 saturated carbocycles. The number of anilines is 1. The molecule has 0 bridgehead atoms. The molecule has 1 aliphatic heterocycles. The number of nitrogens with zero attached hydrogens (tertiary/aromatic N) is 2. The number of rotatable bonds is 5. The van der Waals surface area contributed by atoms with Gasteiger partial charge in [-0.15, -0.1) is 0 Å². The smallest absolute Gasteiger partial charge is 0.272 e. The Hall–Kier alpha value is -1.73. The van der Waals surface area contributed by atoms with E-state index in [9.17, 15) is 14.5 Å². The molecule has 0 spiro atoms. The second-order valence-corrected chi connectivity index (χ2v) is 4.88. The van der Waals surface area contributed by atoms with Crippen LogP contribution in [-0.4, -0.2) is 48.7 Å². The van der Waals surface area contributed by atoms with Crippen LogP contribution in [0.4, 0.5) is 15.8 Å². The molecule has 1 heterocycles. The Bertz CT molecular complexity index is 478. The summed E-state index contributed by atoms with van der Waals surface area (Å²) in [7, 11) is 0. The van der Waals surface area contributed by atoms with Gasteiger partial charge in [0, 0.05) is 31.7 Å². The minimum atomic E-state index is -0.607. The second-order valence-electron chi connectivity index (χ2n) is 4.88. The third-order valence-corrected chi connectivity index (χ3v) is 3.20. The number of benzene rings is 1. The predicted molar refractivity (Wildman–Crippen MR) is 73.4 cm³/mol. The van der Waals surface area contributed by atoms with E-state index in [1.165, 1.54) is 12.1 Å². The summed E-state index contributed by atoms with van der Waals surface area (Å²) in [4.78, 5) is 12.2. The average molecular weight is 283 g/mol. The van der Waals surface area contributed by atoms with E-state index in [1.807, 2.05) is 6.92 Å². The number of nitrogens with one attached hydrogen (secondary N) is 1. The quantitative estimate of drug-likeness (QED) is 0.660. The third kappa shape index (κ3) is 3.88. The van der Waals surface area contributed by atoms with Gasteiger partial charge in [-0.25, -0.2) is 4.39 Å². The van der Waals surface area contributed by atoms with E-state index in [2.05, 4.69) is 10.2 Å². The van der Waals surface area contributed by atoms with Gasteiger partial charge in [-0.3, -0.25) is 15.0 Å². The molecule has 0 radical (unpaired) electrons. The van der Waals surface area contributed by atoms with Crippen molar-refractivity contribution in [1.29, 1.82) is 0 Å². The molecule has 1 aromatic carbocycles. The van der Waals surface area contributed by atoms with Gasteiger partial charge < -0.3 is 10.1 Å². The summed E-state index contributed by atoms with van der Waals surface area (Å²) >= 11 is 0. The van der Waals surface area contributed by atoms with Crippen molar-refractivity contribution in [3.8, 4) is 0 Å². The van der Waals surface area contributed by atoms with Crippen molar-refractivity contribution in [2.75, 3.05) is 38.2 Å². The number of ether oxygens (including phenoxy) is 1. The van der Waals surface area contributed by atoms with E-state index in [1.54, 1.807) is 0 Å². The minimum Gasteiger partial charge on any atom is -0.379 e. The van der Waals surface area contributed by atoms with Crippen molar-refractivity contribution in [2.45, 2.75) is 13.0 Å². The van der Waals surface area contributed by atoms with Gasteiger partial charge in [0.05, 0.1) is 29.9 Å². The lowest BCUT2D eigenvalue weighted by Gasteiger charge is -2.29. The lowest BCUT2D eigenvalue weighted by Crippen LogP contribution is -2.42. The highest BCUT2D eigenvalue weighted by molar-refractivity contribution is 5.50. The number of nitro benzene ring substituents is 1. The normalized spacial score (nSPS) is 17.7. The monoisotopic (exact) mass is 283 g/mol. The largest absolute Gasteiger partial charge is 0.379 e. The molecule has 20 heavy (non-hydrogen) atoms. The van der Waals surface area contributed by atoms with Crippen molar-refractivity contribution in [3.05, 3.63) is 34.1 Å². The lowest BCUT2D eigenvalue weighted by molar-refractivity contribution is -0.385. The maximum absolute atomic E-state index is 13.7. The molecule has 0 aliphatic carbocycles. The summed E-state index contributed by atoms with van der Waals surface area (Å²) in [5.41, 5.74) is 0.0465. The number of non-ortho nitro benzene ring substituents is 1. The highest BCUT2D eigenvalue weighted by Crippen LogP contribution is 2.21. The third-order valence-electron chi connectivity index (χ3n) is 3.20. The average Bonchev–Trinajstić information content (AvgIpc) is 2.42. The fourth-order valence-electron chi connectivity index (χ4n) is 2.22. The molecule has 1 fully saturated rings. The van der Waals surface area contributed by atoms with Crippen LogP contribution in [0.15, 0.2) is 18.2 Å². The Balaban J connectivity index is 1.93. The van der Waals surface area contributed by atoms with Crippen LogP contribution >= 0.6 is 0 Å². The fourth-order valence-corrected chi connectivity index (χ4v) is 2.22. The van der Waals surface area contributed by atoms with E-state index in [0.717, 1.165) is 38.9 Å². The van der Waals surface area contributed by atoms with Crippen LogP contribution in [0.5, 0.6) is 0 Å². The van der Waals surface area contributed by atoms with Crippen LogP contribution in [0.2, 0.25) is 0 Å². The Kier molecular flexibility index (Phi) is 4.86. The van der Waals surface area contributed by atoms with E-state index in [-0.39, 0.29) is 17.4 Å². The van der Waals surface area contributed by atoms with E-state index in [0.29, 0.717) is 0 Å². The number of nitro groups is 1. The summed E-state index contributed by atoms with van der Waals surface area (Å²) in [6, 6.07) is 3.68. The highest BCUT2D eigenvalue weighted by atomic mass is 19.1. The summed E-state index contributed by atoms with van der Waals surface area (Å²) in [6.07, 6.45) is 0. The molecule has 6 nitrogen and oxygen atoms in total. The molecule has 1 unspecified atom stereocenters. The number of halogens is 1. The topological polar surface area (TPSA) is 67.6 Å². The van der Waals surface area contributed by atoms with E-state index >= 15 is 0 Å². The van der Waals surface area contributed by atoms with Gasteiger partial charge in [0.15, 0.2) is 5.82 Å². The van der Waals surface area contributed by atoms with Crippen molar-refractivity contribution in [1.82, 2.24) is 4.90 Å². The first-order valence-electron chi connectivity index (χ1n) is 6.57. The van der Waals surface area contributed by atoms with Crippen molar-refractivity contribution >= 4 is 11.4 Å². The molecule has 1 aromatic rings. The van der Waals surface area contributed by atoms with Crippen LogP contribution in [0.3, 0.4) is 0 Å². The number of hydrogen-bond acceptors (Lipinski definition) is 5. The molecular weight excluding hydrogens is 265 g/mol. The van der Waals surface area contributed by atoms with Crippen LogP contribution in [-0.2, 0) is 4.74 Å². The maximum Gasteiger partial charge on any atom is 0.272 e. The molecule has 1 N–H and O–H groups in total. The summed E-state index contributed by atoms with van der Waals surface area (Å²) in [5, 5.41) is 13.6. The van der Waals surface area contributed by atoms with Gasteiger partial charge in [-0.2, -0.15) is 0 Å². The molecule has 7 heteroatoms. The van der Waals surface area contributed by atoms with Crippen molar-refractivity contribution in [2.24, 2.45) is 0 Å². The van der Waals surface area contributed by atoms with Crippen LogP contribution in [0.25, 0.3) is 0 Å². The van der Waals surface area contributed by atoms with Gasteiger partial charge in [0.25, 0.3) is 5.69 Å². The van der Waals surface area contributed by atoms with Gasteiger partial charge in [-0.1, -0.05) is 0 Å². The molecule has 2 rings (SSSR count). The fraction of sp³-hybridized carbons (Fsp3) is 0.538. The molecule has 1 aliphatic rings. The van der Waals surface area contributed by atoms with Gasteiger partial charge >= 0.3 is 0 Å². The molecule has 1 saturated heterocycles. The Labute approximate surface area is 116 Å². The molecular formula is C13H18FN3O3. The van der Waals surface area contributed by atoms with Crippen molar-refractivity contribution < 1.29 is 14.1 Å². The first-order chi connectivity index (χ1) is 9.56. The zero-order valence-electron chi connectivity index (χ0n) is 11.3. The van der Waals surface area contributed by atoms with Crippen LogP contribution in [0.1, 0.15) is 6.92 Å². The van der Waals surface area contributed by atoms with E-state index < -0.39 is 10.7 Å². The molecule has 0 amide bonds. The number of morpholine rings is 1. The van der Waals surface area contributed by atoms with Gasteiger partial charge in [0.1, 0.15) is 0 Å². The van der Waals surface area contributed by atoms with Gasteiger partial charge in [-0.05, 0) is 13.0 Å². The summed E-state index contributed by atoms with van der Waals surface area (Å²) in [5.74, 6) is -0.604. The summed E-state index contributed by atoms with van der Waals surface area (Å²) in [6.45, 7) is 5.91. The predicted octanol–water partition coefficient (Wildman–Crippen LogP) is 1.87. The summed E-state index contributed by atoms with van der Waals surface area (Å²) < 4.78 is 19.0. The van der Waals surface area contributed by atoms with Gasteiger partial charge in [0.2, 0.25) is 0 Å². The maximum atomic E-state index is 13.7. The SMILES string of the molecule is CC(CN1CCOCC1)Nc1ccc([N+](=O)[O-])cc1F. The Morgan fingerprint density at radius 1 is 1.50 bits per heavy atom. The Morgan fingerprint density at radius 2 is 2.20 bits per heavy atom. The molecule has 1 atom stereocenters. The minimum absolute atomic E-state index is 0.0454. The standard InChI is InChI=1S/C13H18FN3O3/c1-10(9-16-4-6-20-7-5-16)15-13-3-2-11(17(18)19)8-12(13)14/h2-3,8,10,15H,4-7,9H2,1H3. The zero-order valence-corrected chi connectivity index (χ0v) is 11.3. The number of hydrogen-bond donors (Lipinski definition) is 1. The Morgan fingerprint density at radius 3 is 2.80 bits per heavy atom. The first kappa shape index (κ1) is 14.7. The lowest BCUT2D eigenvalue weighted by atomic mass is 10.2. The van der Waals surface area contributed by atoms with Crippen LogP contribution in [0, 0.1) is 15.9 Å². The molecule has 0 aromatic heterocycles. The second kappa shape index (κ2) is 6.62. The van der Waals surface area contributed by atoms with Crippen LogP contribution < -0.4 is 5.32 Å². The molecule has 110 valence electrons. The highest BCUT2D eigenvalue weighted by Gasteiger charge is 2.16.